The Morgan fingerprint density at radius 2 is 2.05 bits per heavy atom. The van der Waals surface area contributed by atoms with E-state index in [9.17, 15) is 4.39 Å². The highest BCUT2D eigenvalue weighted by Crippen LogP contribution is 2.19. The number of hydrogen-bond donors (Lipinski definition) is 1. The molecule has 1 atom stereocenters. The molecule has 1 aromatic heterocycles. The third-order valence-electron chi connectivity index (χ3n) is 3.22. The summed E-state index contributed by atoms with van der Waals surface area (Å²) in [5.74, 6) is 1.00. The van der Waals surface area contributed by atoms with Crippen molar-refractivity contribution < 1.29 is 4.39 Å². The number of aryl methyl sites for hydroxylation is 1. The zero-order valence-corrected chi connectivity index (χ0v) is 11.3. The molecule has 2 aromatic rings. The topological polar surface area (TPSA) is 42.7 Å². The van der Waals surface area contributed by atoms with Crippen molar-refractivity contribution in [1.29, 1.82) is 0 Å². The fourth-order valence-corrected chi connectivity index (χ4v) is 2.09. The van der Waals surface area contributed by atoms with Crippen molar-refractivity contribution in [2.45, 2.75) is 19.3 Å². The summed E-state index contributed by atoms with van der Waals surface area (Å²) in [5, 5.41) is 7.43. The zero-order valence-electron chi connectivity index (χ0n) is 11.3. The average molecular weight is 262 g/mol. The molecule has 0 saturated carbocycles. The normalized spacial score (nSPS) is 12.6. The molecular formula is C14H19FN4. The van der Waals surface area contributed by atoms with Gasteiger partial charge in [-0.1, -0.05) is 19.1 Å². The van der Waals surface area contributed by atoms with E-state index in [1.165, 1.54) is 12.1 Å². The summed E-state index contributed by atoms with van der Waals surface area (Å²) in [6.45, 7) is 3.83. The van der Waals surface area contributed by atoms with Crippen LogP contribution in [0.2, 0.25) is 0 Å². The van der Waals surface area contributed by atoms with Gasteiger partial charge in [0.15, 0.2) is 0 Å². The number of nitrogens with one attached hydrogen (secondary N) is 1. The first-order valence-corrected chi connectivity index (χ1v) is 6.49. The van der Waals surface area contributed by atoms with E-state index in [1.807, 2.05) is 19.2 Å². The van der Waals surface area contributed by atoms with E-state index in [-0.39, 0.29) is 11.7 Å². The molecule has 1 heterocycles. The predicted octanol–water partition coefficient (Wildman–Crippen LogP) is 1.89. The van der Waals surface area contributed by atoms with Crippen molar-refractivity contribution in [2.75, 3.05) is 13.1 Å². The van der Waals surface area contributed by atoms with Crippen LogP contribution in [0.25, 0.3) is 0 Å². The van der Waals surface area contributed by atoms with Gasteiger partial charge in [0.2, 0.25) is 0 Å². The van der Waals surface area contributed by atoms with Crippen LogP contribution in [0.1, 0.15) is 24.2 Å². The summed E-state index contributed by atoms with van der Waals surface area (Å²) in [6, 6.07) is 6.69. The molecule has 1 N–H and O–H groups in total. The Morgan fingerprint density at radius 1 is 1.32 bits per heavy atom. The van der Waals surface area contributed by atoms with Crippen LogP contribution in [-0.4, -0.2) is 27.9 Å². The SMILES string of the molecule is CCNCC(Cc1ncnn1C)c1ccc(F)cc1. The lowest BCUT2D eigenvalue weighted by Gasteiger charge is -2.17. The molecule has 0 bridgehead atoms. The lowest BCUT2D eigenvalue weighted by atomic mass is 9.95. The van der Waals surface area contributed by atoms with Crippen molar-refractivity contribution >= 4 is 0 Å². The van der Waals surface area contributed by atoms with Gasteiger partial charge >= 0.3 is 0 Å². The molecule has 0 radical (unpaired) electrons. The fourth-order valence-electron chi connectivity index (χ4n) is 2.09. The second kappa shape index (κ2) is 6.43. The minimum Gasteiger partial charge on any atom is -0.316 e. The second-order valence-corrected chi connectivity index (χ2v) is 4.56. The van der Waals surface area contributed by atoms with E-state index < -0.39 is 0 Å². The number of halogens is 1. The molecule has 0 aliphatic heterocycles. The highest BCUT2D eigenvalue weighted by Gasteiger charge is 2.15. The molecule has 0 saturated heterocycles. The van der Waals surface area contributed by atoms with Gasteiger partial charge in [0.25, 0.3) is 0 Å². The van der Waals surface area contributed by atoms with Gasteiger partial charge in [-0.15, -0.1) is 0 Å². The van der Waals surface area contributed by atoms with Crippen LogP contribution in [0.3, 0.4) is 0 Å². The molecule has 19 heavy (non-hydrogen) atoms. The first kappa shape index (κ1) is 13.7. The highest BCUT2D eigenvalue weighted by atomic mass is 19.1. The Bertz CT molecular complexity index is 506. The maximum atomic E-state index is 13.0. The van der Waals surface area contributed by atoms with Crippen LogP contribution in [0.4, 0.5) is 4.39 Å². The van der Waals surface area contributed by atoms with Gasteiger partial charge < -0.3 is 5.32 Å². The van der Waals surface area contributed by atoms with Crippen molar-refractivity contribution in [3.8, 4) is 0 Å². The van der Waals surface area contributed by atoms with E-state index in [4.69, 9.17) is 0 Å². The summed E-state index contributed by atoms with van der Waals surface area (Å²) in [7, 11) is 1.89. The van der Waals surface area contributed by atoms with Gasteiger partial charge in [-0.3, -0.25) is 4.68 Å². The van der Waals surface area contributed by atoms with E-state index in [2.05, 4.69) is 22.3 Å². The summed E-state index contributed by atoms with van der Waals surface area (Å²) in [4.78, 5) is 4.26. The smallest absolute Gasteiger partial charge is 0.138 e. The molecule has 1 aromatic carbocycles. The maximum Gasteiger partial charge on any atom is 0.138 e. The number of likely N-dealkylation sites (N-methyl/N-ethyl adjacent to an activating group) is 1. The van der Waals surface area contributed by atoms with Crippen molar-refractivity contribution in [1.82, 2.24) is 20.1 Å². The Morgan fingerprint density at radius 3 is 2.63 bits per heavy atom. The highest BCUT2D eigenvalue weighted by molar-refractivity contribution is 5.22. The summed E-state index contributed by atoms with van der Waals surface area (Å²) in [5.41, 5.74) is 1.12. The van der Waals surface area contributed by atoms with Gasteiger partial charge in [0.05, 0.1) is 0 Å². The summed E-state index contributed by atoms with van der Waals surface area (Å²) < 4.78 is 14.8. The van der Waals surface area contributed by atoms with Crippen molar-refractivity contribution in [2.24, 2.45) is 7.05 Å². The first-order chi connectivity index (χ1) is 9.20. The maximum absolute atomic E-state index is 13.0. The summed E-state index contributed by atoms with van der Waals surface area (Å²) in [6.07, 6.45) is 2.35. The zero-order chi connectivity index (χ0) is 13.7. The average Bonchev–Trinajstić information content (AvgIpc) is 2.81. The molecular weight excluding hydrogens is 243 g/mol. The monoisotopic (exact) mass is 262 g/mol. The van der Waals surface area contributed by atoms with Crippen LogP contribution in [0.5, 0.6) is 0 Å². The first-order valence-electron chi connectivity index (χ1n) is 6.49. The molecule has 0 spiro atoms. The molecule has 0 aliphatic rings. The fraction of sp³-hybridized carbons (Fsp3) is 0.429. The Kier molecular flexibility index (Phi) is 4.63. The van der Waals surface area contributed by atoms with Crippen molar-refractivity contribution in [3.63, 3.8) is 0 Å². The number of benzene rings is 1. The molecule has 0 amide bonds. The van der Waals surface area contributed by atoms with Crippen LogP contribution in [0, 0.1) is 5.82 Å². The largest absolute Gasteiger partial charge is 0.316 e. The molecule has 102 valence electrons. The third kappa shape index (κ3) is 3.61. The third-order valence-corrected chi connectivity index (χ3v) is 3.22. The lowest BCUT2D eigenvalue weighted by molar-refractivity contribution is 0.561. The summed E-state index contributed by atoms with van der Waals surface area (Å²) >= 11 is 0. The second-order valence-electron chi connectivity index (χ2n) is 4.56. The predicted molar refractivity (Wildman–Crippen MR) is 72.4 cm³/mol. The number of aromatic nitrogens is 3. The molecule has 1 unspecified atom stereocenters. The molecule has 5 heteroatoms. The lowest BCUT2D eigenvalue weighted by Crippen LogP contribution is -2.23. The van der Waals surface area contributed by atoms with E-state index in [0.29, 0.717) is 0 Å². The quantitative estimate of drug-likeness (QED) is 0.864. The van der Waals surface area contributed by atoms with Crippen LogP contribution in [0.15, 0.2) is 30.6 Å². The number of rotatable bonds is 6. The van der Waals surface area contributed by atoms with E-state index in [0.717, 1.165) is 30.9 Å². The van der Waals surface area contributed by atoms with Gasteiger partial charge in [-0.25, -0.2) is 9.37 Å². The Labute approximate surface area is 112 Å². The van der Waals surface area contributed by atoms with Crippen molar-refractivity contribution in [3.05, 3.63) is 47.8 Å². The van der Waals surface area contributed by atoms with E-state index in [1.54, 1.807) is 11.0 Å². The van der Waals surface area contributed by atoms with Gasteiger partial charge in [-0.05, 0) is 24.2 Å². The van der Waals surface area contributed by atoms with Crippen LogP contribution < -0.4 is 5.32 Å². The molecule has 4 nitrogen and oxygen atoms in total. The number of nitrogens with zero attached hydrogens (tertiary/aromatic N) is 3. The molecule has 0 fully saturated rings. The molecule has 2 rings (SSSR count). The minimum absolute atomic E-state index is 0.204. The van der Waals surface area contributed by atoms with Gasteiger partial charge in [0.1, 0.15) is 18.0 Å². The van der Waals surface area contributed by atoms with Gasteiger partial charge in [0, 0.05) is 25.9 Å². The number of hydrogen-bond acceptors (Lipinski definition) is 3. The minimum atomic E-state index is -0.204. The standard InChI is InChI=1S/C14H19FN4/c1-3-16-9-12(8-14-17-10-18-19(14)2)11-4-6-13(15)7-5-11/h4-7,10,12,16H,3,8-9H2,1-2H3. The van der Waals surface area contributed by atoms with Crippen LogP contribution >= 0.6 is 0 Å². The van der Waals surface area contributed by atoms with Crippen LogP contribution in [-0.2, 0) is 13.5 Å². The van der Waals surface area contributed by atoms with E-state index >= 15 is 0 Å². The Hall–Kier alpha value is -1.75. The molecule has 0 aliphatic carbocycles. The van der Waals surface area contributed by atoms with Gasteiger partial charge in [-0.2, -0.15) is 5.10 Å². The Balaban J connectivity index is 2.15.